The maximum Gasteiger partial charge on any atom is 0.164 e. The fourth-order valence-corrected chi connectivity index (χ4v) is 12.0. The molecule has 5 aromatic carbocycles. The summed E-state index contributed by atoms with van der Waals surface area (Å²) in [7, 11) is -2.81. The molecule has 0 atom stereocenters. The molecule has 0 bridgehead atoms. The quantitative estimate of drug-likeness (QED) is 0.141. The maximum atomic E-state index is 2.54. The number of rotatable bonds is 7. The van der Waals surface area contributed by atoms with Crippen molar-refractivity contribution < 1.29 is 0 Å². The average Bonchev–Trinajstić information content (AvgIpc) is 3.33. The molecule has 0 aromatic heterocycles. The molecule has 41 heavy (non-hydrogen) atoms. The topological polar surface area (TPSA) is 0 Å². The average molecular weight is 550 g/mol. The zero-order valence-corrected chi connectivity index (χ0v) is 26.3. The highest BCUT2D eigenvalue weighted by atomic mass is 28.3. The van der Waals surface area contributed by atoms with Gasteiger partial charge in [-0.05, 0) is 72.3 Å². The van der Waals surface area contributed by atoms with Gasteiger partial charge in [0, 0.05) is 5.54 Å². The number of hydrogen-bond acceptors (Lipinski definition) is 0. The van der Waals surface area contributed by atoms with Crippen LogP contribution in [0.1, 0.15) is 87.1 Å². The van der Waals surface area contributed by atoms with Gasteiger partial charge < -0.3 is 0 Å². The minimum absolute atomic E-state index is 0.457. The SMILES string of the molecule is CC(C)c1cccc([Si]([C]2c3ccccc3-c3ccccc32)(c2cccc(C(C)C)c2)c2cccc(C(C)C)c2)c1. The Bertz CT molecular complexity index is 1520. The lowest BCUT2D eigenvalue weighted by Crippen LogP contribution is -2.71. The van der Waals surface area contributed by atoms with Gasteiger partial charge in [-0.15, -0.1) is 0 Å². The summed E-state index contributed by atoms with van der Waals surface area (Å²) in [4.78, 5) is 0. The molecule has 0 saturated carbocycles. The van der Waals surface area contributed by atoms with E-state index in [-0.39, 0.29) is 0 Å². The molecular formula is C40H41Si. The lowest BCUT2D eigenvalue weighted by Gasteiger charge is -2.40. The Kier molecular flexibility index (Phi) is 7.34. The van der Waals surface area contributed by atoms with Crippen molar-refractivity contribution in [3.8, 4) is 11.1 Å². The third-order valence-electron chi connectivity index (χ3n) is 9.02. The van der Waals surface area contributed by atoms with Crippen molar-refractivity contribution in [3.63, 3.8) is 0 Å². The van der Waals surface area contributed by atoms with E-state index in [0.29, 0.717) is 17.8 Å². The summed E-state index contributed by atoms with van der Waals surface area (Å²) in [6.07, 6.45) is 0. The van der Waals surface area contributed by atoms with E-state index < -0.39 is 8.07 Å². The normalized spacial score (nSPS) is 13.2. The second-order valence-electron chi connectivity index (χ2n) is 12.6. The number of fused-ring (bicyclic) bond motifs is 3. The monoisotopic (exact) mass is 549 g/mol. The molecule has 0 saturated heterocycles. The summed E-state index contributed by atoms with van der Waals surface area (Å²) in [5.74, 6) is 1.37. The first kappa shape index (κ1) is 27.5. The Morgan fingerprint density at radius 3 is 1.00 bits per heavy atom. The van der Waals surface area contributed by atoms with Crippen LogP contribution >= 0.6 is 0 Å². The molecule has 0 spiro atoms. The second kappa shape index (κ2) is 11.0. The van der Waals surface area contributed by atoms with E-state index in [2.05, 4.69) is 163 Å². The van der Waals surface area contributed by atoms with Crippen LogP contribution in [0.5, 0.6) is 0 Å². The zero-order chi connectivity index (χ0) is 28.7. The van der Waals surface area contributed by atoms with Crippen LogP contribution in [0.25, 0.3) is 11.1 Å². The van der Waals surface area contributed by atoms with Crippen molar-refractivity contribution >= 4 is 23.6 Å². The van der Waals surface area contributed by atoms with Gasteiger partial charge in [-0.1, -0.05) is 163 Å². The number of benzene rings is 5. The summed E-state index contributed by atoms with van der Waals surface area (Å²) < 4.78 is 0. The highest BCUT2D eigenvalue weighted by molar-refractivity contribution is 7.16. The van der Waals surface area contributed by atoms with Crippen LogP contribution in [0.15, 0.2) is 121 Å². The van der Waals surface area contributed by atoms with Gasteiger partial charge in [-0.3, -0.25) is 0 Å². The molecule has 0 amide bonds. The molecule has 1 radical (unpaired) electrons. The van der Waals surface area contributed by atoms with Gasteiger partial charge in [-0.25, -0.2) is 0 Å². The lowest BCUT2D eigenvalue weighted by atomic mass is 10.0. The highest BCUT2D eigenvalue weighted by Gasteiger charge is 2.52. The largest absolute Gasteiger partial charge is 0.164 e. The van der Waals surface area contributed by atoms with Crippen LogP contribution in [0.2, 0.25) is 0 Å². The van der Waals surface area contributed by atoms with E-state index in [1.807, 2.05) is 0 Å². The molecule has 1 aliphatic rings. The molecular weight excluding hydrogens is 509 g/mol. The Morgan fingerprint density at radius 2 is 0.683 bits per heavy atom. The predicted molar refractivity (Wildman–Crippen MR) is 180 cm³/mol. The molecule has 1 heteroatoms. The summed E-state index contributed by atoms with van der Waals surface area (Å²) in [6, 6.07) is 47.0. The van der Waals surface area contributed by atoms with Crippen molar-refractivity contribution in [1.82, 2.24) is 0 Å². The number of hydrogen-bond donors (Lipinski definition) is 0. The summed E-state index contributed by atoms with van der Waals surface area (Å²) >= 11 is 0. The van der Waals surface area contributed by atoms with Crippen molar-refractivity contribution in [2.24, 2.45) is 0 Å². The lowest BCUT2D eigenvalue weighted by molar-refractivity contribution is 0.867. The molecule has 0 nitrogen and oxygen atoms in total. The van der Waals surface area contributed by atoms with Gasteiger partial charge in [0.25, 0.3) is 0 Å². The smallest absolute Gasteiger partial charge is 0.0622 e. The Hall–Kier alpha value is -3.68. The molecule has 0 fully saturated rings. The van der Waals surface area contributed by atoms with E-state index in [0.717, 1.165) is 0 Å². The van der Waals surface area contributed by atoms with E-state index in [1.165, 1.54) is 60.0 Å². The third-order valence-corrected chi connectivity index (χ3v) is 13.8. The van der Waals surface area contributed by atoms with Crippen LogP contribution in [0.4, 0.5) is 0 Å². The van der Waals surface area contributed by atoms with E-state index in [1.54, 1.807) is 0 Å². The summed E-state index contributed by atoms with van der Waals surface area (Å²) in [5.41, 5.74) is 11.2. The third kappa shape index (κ3) is 4.61. The van der Waals surface area contributed by atoms with Gasteiger partial charge in [0.1, 0.15) is 0 Å². The molecule has 205 valence electrons. The van der Waals surface area contributed by atoms with Gasteiger partial charge >= 0.3 is 0 Å². The van der Waals surface area contributed by atoms with Crippen LogP contribution in [0.3, 0.4) is 0 Å². The fraction of sp³-hybridized carbons (Fsp3) is 0.225. The first-order chi connectivity index (χ1) is 19.8. The van der Waals surface area contributed by atoms with Crippen molar-refractivity contribution in [2.45, 2.75) is 59.3 Å². The molecule has 0 aliphatic heterocycles. The Balaban J connectivity index is 1.81. The first-order valence-corrected chi connectivity index (χ1v) is 17.2. The first-order valence-electron chi connectivity index (χ1n) is 15.2. The van der Waals surface area contributed by atoms with Crippen molar-refractivity contribution in [1.29, 1.82) is 0 Å². The van der Waals surface area contributed by atoms with Crippen LogP contribution in [0, 0.1) is 5.54 Å². The van der Waals surface area contributed by atoms with Gasteiger partial charge in [0.05, 0.1) is 0 Å². The highest BCUT2D eigenvalue weighted by Crippen LogP contribution is 2.48. The molecule has 0 unspecified atom stereocenters. The molecule has 0 N–H and O–H groups in total. The Labute approximate surface area is 248 Å². The van der Waals surface area contributed by atoms with Crippen LogP contribution in [-0.4, -0.2) is 8.07 Å². The molecule has 1 aliphatic carbocycles. The Morgan fingerprint density at radius 1 is 0.366 bits per heavy atom. The van der Waals surface area contributed by atoms with Crippen molar-refractivity contribution in [2.75, 3.05) is 0 Å². The summed E-state index contributed by atoms with van der Waals surface area (Å²) in [5, 5.41) is 4.39. The second-order valence-corrected chi connectivity index (χ2v) is 16.3. The molecule has 5 aromatic rings. The fourth-order valence-electron chi connectivity index (χ4n) is 6.75. The van der Waals surface area contributed by atoms with Crippen LogP contribution in [-0.2, 0) is 0 Å². The predicted octanol–water partition coefficient (Wildman–Crippen LogP) is 8.72. The van der Waals surface area contributed by atoms with E-state index >= 15 is 0 Å². The zero-order valence-electron chi connectivity index (χ0n) is 25.3. The van der Waals surface area contributed by atoms with E-state index in [4.69, 9.17) is 0 Å². The summed E-state index contributed by atoms with van der Waals surface area (Å²) in [6.45, 7) is 13.9. The van der Waals surface area contributed by atoms with E-state index in [9.17, 15) is 0 Å². The van der Waals surface area contributed by atoms with Crippen molar-refractivity contribution in [3.05, 3.63) is 155 Å². The standard InChI is InChI=1S/C40H41Si/c1-27(2)30-14-11-17-33(24-30)41(34-18-12-15-31(25-34)28(3)4,35-19-13-16-32(26-35)29(5)6)40-38-22-9-7-20-36(38)37-21-8-10-23-39(37)40/h7-29H,1-6H3. The van der Waals surface area contributed by atoms with Crippen LogP contribution < -0.4 is 15.6 Å². The molecule has 0 heterocycles. The minimum Gasteiger partial charge on any atom is -0.0622 e. The van der Waals surface area contributed by atoms with Gasteiger partial charge in [0.2, 0.25) is 0 Å². The van der Waals surface area contributed by atoms with Gasteiger partial charge in [-0.2, -0.15) is 0 Å². The molecule has 6 rings (SSSR count). The maximum absolute atomic E-state index is 2.81. The van der Waals surface area contributed by atoms with Gasteiger partial charge in [0.15, 0.2) is 8.07 Å². The minimum atomic E-state index is -2.81.